The molecule has 4 nitrogen and oxygen atoms in total. The Balaban J connectivity index is 1.74. The molecule has 0 aromatic heterocycles. The number of nitro groups is 1. The van der Waals surface area contributed by atoms with Gasteiger partial charge in [-0.15, -0.1) is 11.6 Å². The number of hydrogen-bond acceptors (Lipinski definition) is 3. The molecule has 1 aromatic carbocycles. The van der Waals surface area contributed by atoms with Gasteiger partial charge < -0.3 is 4.74 Å². The van der Waals surface area contributed by atoms with Gasteiger partial charge >= 0.3 is 0 Å². The first kappa shape index (κ1) is 13.7. The fraction of sp³-hybridized carbons (Fsp3) is 0.600. The van der Waals surface area contributed by atoms with Crippen LogP contribution in [0.25, 0.3) is 0 Å². The van der Waals surface area contributed by atoms with Crippen molar-refractivity contribution < 1.29 is 9.66 Å². The number of non-ortho nitro benzene ring substituents is 1. The quantitative estimate of drug-likeness (QED) is 0.474. The Labute approximate surface area is 123 Å². The third-order valence-electron chi connectivity index (χ3n) is 4.78. The Morgan fingerprint density at radius 3 is 2.70 bits per heavy atom. The molecular formula is C15H18ClNO3. The third kappa shape index (κ3) is 2.26. The van der Waals surface area contributed by atoms with Crippen molar-refractivity contribution in [2.75, 3.05) is 0 Å². The Kier molecular flexibility index (Phi) is 3.59. The Hall–Kier alpha value is -1.29. The summed E-state index contributed by atoms with van der Waals surface area (Å²) in [6.45, 7) is 0. The van der Waals surface area contributed by atoms with E-state index in [-0.39, 0.29) is 22.6 Å². The van der Waals surface area contributed by atoms with Crippen LogP contribution < -0.4 is 4.74 Å². The smallest absolute Gasteiger partial charge is 0.273 e. The molecule has 2 atom stereocenters. The van der Waals surface area contributed by atoms with Gasteiger partial charge in [-0.3, -0.25) is 10.1 Å². The summed E-state index contributed by atoms with van der Waals surface area (Å²) in [6.07, 6.45) is 6.85. The lowest BCUT2D eigenvalue weighted by atomic mass is 9.58. The fourth-order valence-electron chi connectivity index (χ4n) is 3.54. The molecule has 3 rings (SSSR count). The van der Waals surface area contributed by atoms with E-state index < -0.39 is 4.92 Å². The van der Waals surface area contributed by atoms with Crippen LogP contribution in [0.15, 0.2) is 24.3 Å². The first-order valence-corrected chi connectivity index (χ1v) is 7.61. The first-order chi connectivity index (χ1) is 9.62. The highest BCUT2D eigenvalue weighted by Gasteiger charge is 2.55. The van der Waals surface area contributed by atoms with Crippen molar-refractivity contribution >= 4 is 17.3 Å². The summed E-state index contributed by atoms with van der Waals surface area (Å²) in [5.74, 6) is 0.581. The van der Waals surface area contributed by atoms with Gasteiger partial charge in [0.05, 0.1) is 11.0 Å². The number of hydrogen-bond donors (Lipinski definition) is 0. The molecule has 5 heteroatoms. The molecule has 0 amide bonds. The highest BCUT2D eigenvalue weighted by molar-refractivity contribution is 6.21. The van der Waals surface area contributed by atoms with Crippen LogP contribution in [-0.4, -0.2) is 16.4 Å². The summed E-state index contributed by atoms with van der Waals surface area (Å²) in [4.78, 5) is 10.4. The van der Waals surface area contributed by atoms with Gasteiger partial charge in [-0.05, 0) is 18.9 Å². The molecule has 20 heavy (non-hydrogen) atoms. The Morgan fingerprint density at radius 1 is 1.30 bits per heavy atom. The number of halogens is 1. The molecule has 0 aliphatic heterocycles. The van der Waals surface area contributed by atoms with Crippen molar-refractivity contribution in [2.45, 2.75) is 50.0 Å². The molecule has 2 unspecified atom stereocenters. The van der Waals surface area contributed by atoms with E-state index in [0.717, 1.165) is 19.3 Å². The molecule has 108 valence electrons. The van der Waals surface area contributed by atoms with Crippen molar-refractivity contribution in [1.29, 1.82) is 0 Å². The molecule has 1 aromatic rings. The van der Waals surface area contributed by atoms with Gasteiger partial charge in [-0.25, -0.2) is 0 Å². The second kappa shape index (κ2) is 5.24. The van der Waals surface area contributed by atoms with Gasteiger partial charge in [0.25, 0.3) is 5.69 Å². The van der Waals surface area contributed by atoms with Gasteiger partial charge in [0.15, 0.2) is 0 Å². The maximum absolute atomic E-state index is 10.8. The van der Waals surface area contributed by atoms with Crippen molar-refractivity contribution in [3.63, 3.8) is 0 Å². The molecule has 2 aliphatic carbocycles. The monoisotopic (exact) mass is 295 g/mol. The number of alkyl halides is 1. The van der Waals surface area contributed by atoms with E-state index in [1.807, 2.05) is 0 Å². The van der Waals surface area contributed by atoms with Gasteiger partial charge in [-0.2, -0.15) is 0 Å². The molecular weight excluding hydrogens is 278 g/mol. The number of nitrogens with zero attached hydrogens (tertiary/aromatic N) is 1. The molecule has 2 fully saturated rings. The lowest BCUT2D eigenvalue weighted by molar-refractivity contribution is -0.385. The van der Waals surface area contributed by atoms with E-state index in [1.165, 1.54) is 31.4 Å². The van der Waals surface area contributed by atoms with Crippen molar-refractivity contribution in [3.8, 4) is 5.75 Å². The topological polar surface area (TPSA) is 52.4 Å². The molecule has 1 spiro atoms. The standard InChI is InChI=1S/C15H18ClNO3/c16-13-10-14(15(13)7-2-1-3-8-15)20-12-6-4-5-11(9-12)17(18)19/h4-6,9,13-14H,1-3,7-8,10H2. The highest BCUT2D eigenvalue weighted by atomic mass is 35.5. The maximum atomic E-state index is 10.8. The molecule has 0 radical (unpaired) electrons. The molecule has 0 saturated heterocycles. The lowest BCUT2D eigenvalue weighted by Crippen LogP contribution is -2.58. The predicted molar refractivity (Wildman–Crippen MR) is 77.3 cm³/mol. The summed E-state index contributed by atoms with van der Waals surface area (Å²) < 4.78 is 6.02. The van der Waals surface area contributed by atoms with Crippen molar-refractivity contribution in [2.24, 2.45) is 5.41 Å². The SMILES string of the molecule is O=[N+]([O-])c1cccc(OC2CC(Cl)C23CCCCC3)c1. The third-order valence-corrected chi connectivity index (χ3v) is 5.39. The second-order valence-corrected chi connectivity index (χ2v) is 6.38. The normalized spacial score (nSPS) is 27.9. The summed E-state index contributed by atoms with van der Waals surface area (Å²) >= 11 is 6.44. The zero-order valence-corrected chi connectivity index (χ0v) is 12.0. The predicted octanol–water partition coefficient (Wildman–Crippen LogP) is 4.30. The second-order valence-electron chi connectivity index (χ2n) is 5.86. The summed E-state index contributed by atoms with van der Waals surface area (Å²) in [7, 11) is 0. The van der Waals surface area contributed by atoms with E-state index in [4.69, 9.17) is 16.3 Å². The van der Waals surface area contributed by atoms with Crippen LogP contribution in [0.1, 0.15) is 38.5 Å². The number of rotatable bonds is 3. The number of nitro benzene ring substituents is 1. The highest BCUT2D eigenvalue weighted by Crippen LogP contribution is 2.55. The van der Waals surface area contributed by atoms with Gasteiger partial charge in [0.1, 0.15) is 11.9 Å². The van der Waals surface area contributed by atoms with Crippen LogP contribution in [0.5, 0.6) is 5.75 Å². The van der Waals surface area contributed by atoms with E-state index in [0.29, 0.717) is 5.75 Å². The van der Waals surface area contributed by atoms with Gasteiger partial charge in [0.2, 0.25) is 0 Å². The molecule has 0 heterocycles. The van der Waals surface area contributed by atoms with Crippen molar-refractivity contribution in [1.82, 2.24) is 0 Å². The molecule has 0 N–H and O–H groups in total. The average Bonchev–Trinajstić information content (AvgIpc) is 2.48. The summed E-state index contributed by atoms with van der Waals surface area (Å²) in [5.41, 5.74) is 0.159. The minimum atomic E-state index is -0.394. The molecule has 2 aliphatic rings. The zero-order valence-electron chi connectivity index (χ0n) is 11.3. The van der Waals surface area contributed by atoms with Crippen LogP contribution in [0.4, 0.5) is 5.69 Å². The minimum Gasteiger partial charge on any atom is -0.489 e. The molecule has 0 bridgehead atoms. The van der Waals surface area contributed by atoms with E-state index in [2.05, 4.69) is 0 Å². The van der Waals surface area contributed by atoms with Crippen LogP contribution in [-0.2, 0) is 0 Å². The van der Waals surface area contributed by atoms with E-state index in [9.17, 15) is 10.1 Å². The van der Waals surface area contributed by atoms with E-state index in [1.54, 1.807) is 12.1 Å². The fourth-order valence-corrected chi connectivity index (χ4v) is 4.06. The maximum Gasteiger partial charge on any atom is 0.273 e. The van der Waals surface area contributed by atoms with Crippen LogP contribution in [0.3, 0.4) is 0 Å². The van der Waals surface area contributed by atoms with Crippen molar-refractivity contribution in [3.05, 3.63) is 34.4 Å². The van der Waals surface area contributed by atoms with Crippen LogP contribution in [0, 0.1) is 15.5 Å². The largest absolute Gasteiger partial charge is 0.489 e. The lowest BCUT2D eigenvalue weighted by Gasteiger charge is -2.55. The summed E-state index contributed by atoms with van der Waals surface area (Å²) in [6, 6.07) is 6.43. The number of ether oxygens (including phenoxy) is 1. The average molecular weight is 296 g/mol. The number of benzene rings is 1. The summed E-state index contributed by atoms with van der Waals surface area (Å²) in [5, 5.41) is 11.0. The first-order valence-electron chi connectivity index (χ1n) is 7.17. The Bertz CT molecular complexity index is 514. The van der Waals surface area contributed by atoms with Gasteiger partial charge in [-0.1, -0.05) is 25.3 Å². The van der Waals surface area contributed by atoms with Crippen LogP contribution in [0.2, 0.25) is 0 Å². The molecule has 2 saturated carbocycles. The zero-order chi connectivity index (χ0) is 14.2. The minimum absolute atomic E-state index is 0.0712. The van der Waals surface area contributed by atoms with E-state index >= 15 is 0 Å². The van der Waals surface area contributed by atoms with Crippen LogP contribution >= 0.6 is 11.6 Å². The van der Waals surface area contributed by atoms with Gasteiger partial charge in [0, 0.05) is 23.3 Å². The Morgan fingerprint density at radius 2 is 2.05 bits per heavy atom.